The number of pyridine rings is 1. The van der Waals surface area contributed by atoms with E-state index in [2.05, 4.69) is 51.0 Å². The molecule has 1 aromatic rings. The summed E-state index contributed by atoms with van der Waals surface area (Å²) in [7, 11) is 0. The smallest absolute Gasteiger partial charge is 0.242 e. The Labute approximate surface area is 188 Å². The molecule has 6 nitrogen and oxygen atoms in total. The summed E-state index contributed by atoms with van der Waals surface area (Å²) >= 11 is 0. The lowest BCUT2D eigenvalue weighted by Gasteiger charge is -2.36. The summed E-state index contributed by atoms with van der Waals surface area (Å²) in [4.78, 5) is 33.2. The van der Waals surface area contributed by atoms with E-state index in [-0.39, 0.29) is 24.4 Å². The SMILES string of the molecule is CC(C)C.CC(C)CC1NCCN(CC(=O)N2CCC(Cc3cccnc3)CC2)C1=O. The Hall–Kier alpha value is -1.95. The number of hydrogen-bond donors (Lipinski definition) is 1. The monoisotopic (exact) mass is 430 g/mol. The van der Waals surface area contributed by atoms with Crippen LogP contribution >= 0.6 is 0 Å². The summed E-state index contributed by atoms with van der Waals surface area (Å²) < 4.78 is 0. The Morgan fingerprint density at radius 3 is 2.42 bits per heavy atom. The number of carbonyl (C=O) groups excluding carboxylic acids is 2. The topological polar surface area (TPSA) is 65.5 Å². The molecule has 1 unspecified atom stereocenters. The molecule has 2 amide bonds. The minimum atomic E-state index is -0.142. The number of amides is 2. The summed E-state index contributed by atoms with van der Waals surface area (Å²) in [6.45, 7) is 13.9. The second kappa shape index (κ2) is 12.8. The highest BCUT2D eigenvalue weighted by molar-refractivity contribution is 5.88. The van der Waals surface area contributed by atoms with Crippen molar-refractivity contribution in [1.29, 1.82) is 0 Å². The van der Waals surface area contributed by atoms with Crippen LogP contribution in [0.1, 0.15) is 59.4 Å². The van der Waals surface area contributed by atoms with Crippen LogP contribution in [0.25, 0.3) is 0 Å². The van der Waals surface area contributed by atoms with Crippen molar-refractivity contribution in [3.8, 4) is 0 Å². The van der Waals surface area contributed by atoms with E-state index in [1.807, 2.05) is 17.2 Å². The zero-order valence-corrected chi connectivity index (χ0v) is 20.1. The maximum atomic E-state index is 12.7. The van der Waals surface area contributed by atoms with Gasteiger partial charge in [0.15, 0.2) is 0 Å². The quantitative estimate of drug-likeness (QED) is 0.751. The predicted molar refractivity (Wildman–Crippen MR) is 126 cm³/mol. The van der Waals surface area contributed by atoms with Crippen LogP contribution in [0.2, 0.25) is 0 Å². The molecule has 0 saturated carbocycles. The van der Waals surface area contributed by atoms with E-state index >= 15 is 0 Å². The number of piperidine rings is 1. The first-order valence-corrected chi connectivity index (χ1v) is 11.9. The van der Waals surface area contributed by atoms with Gasteiger partial charge in [-0.05, 0) is 55.1 Å². The van der Waals surface area contributed by atoms with E-state index < -0.39 is 0 Å². The van der Waals surface area contributed by atoms with Crippen molar-refractivity contribution >= 4 is 11.8 Å². The largest absolute Gasteiger partial charge is 0.341 e. The van der Waals surface area contributed by atoms with Crippen molar-refractivity contribution in [3.63, 3.8) is 0 Å². The second-order valence-electron chi connectivity index (χ2n) is 10.0. The summed E-state index contributed by atoms with van der Waals surface area (Å²) in [5.74, 6) is 2.07. The van der Waals surface area contributed by atoms with Gasteiger partial charge in [-0.15, -0.1) is 0 Å². The van der Waals surface area contributed by atoms with E-state index in [1.54, 1.807) is 11.1 Å². The third kappa shape index (κ3) is 8.98. The molecule has 2 saturated heterocycles. The van der Waals surface area contributed by atoms with E-state index in [9.17, 15) is 9.59 Å². The number of aromatic nitrogens is 1. The van der Waals surface area contributed by atoms with Crippen LogP contribution in [0.4, 0.5) is 0 Å². The van der Waals surface area contributed by atoms with E-state index in [1.165, 1.54) is 5.56 Å². The number of carbonyl (C=O) groups is 2. The minimum absolute atomic E-state index is 0.0785. The second-order valence-corrected chi connectivity index (χ2v) is 10.0. The lowest BCUT2D eigenvalue weighted by atomic mass is 9.90. The molecule has 0 radical (unpaired) electrons. The highest BCUT2D eigenvalue weighted by atomic mass is 16.2. The molecule has 3 rings (SSSR count). The van der Waals surface area contributed by atoms with Gasteiger partial charge in [-0.3, -0.25) is 14.6 Å². The van der Waals surface area contributed by atoms with Gasteiger partial charge in [-0.2, -0.15) is 0 Å². The Bertz CT molecular complexity index is 667. The third-order valence-corrected chi connectivity index (χ3v) is 5.63. The van der Waals surface area contributed by atoms with Crippen molar-refractivity contribution in [3.05, 3.63) is 30.1 Å². The summed E-state index contributed by atoms with van der Waals surface area (Å²) in [5, 5.41) is 3.29. The predicted octanol–water partition coefficient (Wildman–Crippen LogP) is 3.37. The first-order chi connectivity index (χ1) is 14.8. The molecule has 2 aliphatic rings. The fraction of sp³-hybridized carbons (Fsp3) is 0.720. The van der Waals surface area contributed by atoms with Gasteiger partial charge in [0.1, 0.15) is 0 Å². The van der Waals surface area contributed by atoms with E-state index in [0.29, 0.717) is 18.4 Å². The number of piperazine rings is 1. The van der Waals surface area contributed by atoms with Gasteiger partial charge in [-0.1, -0.05) is 40.7 Å². The Morgan fingerprint density at radius 1 is 1.16 bits per heavy atom. The fourth-order valence-corrected chi connectivity index (χ4v) is 4.11. The lowest BCUT2D eigenvalue weighted by molar-refractivity contribution is -0.144. The van der Waals surface area contributed by atoms with Crippen LogP contribution in [0.15, 0.2) is 24.5 Å². The molecule has 2 aliphatic heterocycles. The molecule has 1 N–H and O–H groups in total. The fourth-order valence-electron chi connectivity index (χ4n) is 4.11. The standard InChI is InChI=1S/C21H32N4O2.C4H10/c1-16(2)12-19-21(27)25(11-8-23-19)15-20(26)24-9-5-17(6-10-24)13-18-4-3-7-22-14-18;1-4(2)3/h3-4,7,14,16-17,19,23H,5-6,8-13,15H2,1-2H3;4H,1-3H3. The average Bonchev–Trinajstić information content (AvgIpc) is 2.71. The van der Waals surface area contributed by atoms with Crippen LogP contribution in [-0.2, 0) is 16.0 Å². The zero-order chi connectivity index (χ0) is 22.8. The molecule has 31 heavy (non-hydrogen) atoms. The van der Waals surface area contributed by atoms with Gasteiger partial charge in [-0.25, -0.2) is 0 Å². The minimum Gasteiger partial charge on any atom is -0.341 e. The molecule has 0 aromatic carbocycles. The van der Waals surface area contributed by atoms with Gasteiger partial charge in [0.2, 0.25) is 11.8 Å². The third-order valence-electron chi connectivity index (χ3n) is 5.63. The highest BCUT2D eigenvalue weighted by Gasteiger charge is 2.31. The van der Waals surface area contributed by atoms with Gasteiger partial charge >= 0.3 is 0 Å². The van der Waals surface area contributed by atoms with Gasteiger partial charge in [0.05, 0.1) is 12.6 Å². The first-order valence-electron chi connectivity index (χ1n) is 11.9. The molecule has 6 heteroatoms. The molecule has 3 heterocycles. The highest BCUT2D eigenvalue weighted by Crippen LogP contribution is 2.22. The van der Waals surface area contributed by atoms with Crippen LogP contribution in [0.5, 0.6) is 0 Å². The van der Waals surface area contributed by atoms with Crippen molar-refractivity contribution < 1.29 is 9.59 Å². The number of rotatable bonds is 6. The van der Waals surface area contributed by atoms with Crippen molar-refractivity contribution in [2.24, 2.45) is 17.8 Å². The molecule has 0 spiro atoms. The molecular formula is C25H42N4O2. The first kappa shape index (κ1) is 25.3. The Kier molecular flexibility index (Phi) is 10.4. The zero-order valence-electron chi connectivity index (χ0n) is 20.1. The van der Waals surface area contributed by atoms with Crippen LogP contribution in [0, 0.1) is 17.8 Å². The van der Waals surface area contributed by atoms with E-state index in [4.69, 9.17) is 0 Å². The Morgan fingerprint density at radius 2 is 1.84 bits per heavy atom. The molecule has 174 valence electrons. The summed E-state index contributed by atoms with van der Waals surface area (Å²) in [6, 6.07) is 3.95. The number of likely N-dealkylation sites (tertiary alicyclic amines) is 1. The van der Waals surface area contributed by atoms with Crippen molar-refractivity contribution in [2.75, 3.05) is 32.7 Å². The average molecular weight is 431 g/mol. The van der Waals surface area contributed by atoms with E-state index in [0.717, 1.165) is 51.2 Å². The molecule has 0 aliphatic carbocycles. The van der Waals surface area contributed by atoms with Crippen LogP contribution in [0.3, 0.4) is 0 Å². The maximum absolute atomic E-state index is 12.7. The summed E-state index contributed by atoms with van der Waals surface area (Å²) in [5.41, 5.74) is 1.27. The normalized spacial score (nSPS) is 20.1. The van der Waals surface area contributed by atoms with Gasteiger partial charge in [0.25, 0.3) is 0 Å². The number of nitrogens with one attached hydrogen (secondary N) is 1. The Balaban J connectivity index is 0.000000785. The van der Waals surface area contributed by atoms with Crippen molar-refractivity contribution in [1.82, 2.24) is 20.1 Å². The number of nitrogens with zero attached hydrogens (tertiary/aromatic N) is 3. The maximum Gasteiger partial charge on any atom is 0.242 e. The van der Waals surface area contributed by atoms with Crippen LogP contribution < -0.4 is 5.32 Å². The molecular weight excluding hydrogens is 388 g/mol. The molecule has 0 bridgehead atoms. The summed E-state index contributed by atoms with van der Waals surface area (Å²) in [6.07, 6.45) is 7.62. The van der Waals surface area contributed by atoms with Gasteiger partial charge in [0, 0.05) is 38.6 Å². The van der Waals surface area contributed by atoms with Gasteiger partial charge < -0.3 is 15.1 Å². The molecule has 2 fully saturated rings. The molecule has 1 atom stereocenters. The molecule has 1 aromatic heterocycles. The van der Waals surface area contributed by atoms with Crippen LogP contribution in [-0.4, -0.2) is 65.4 Å². The number of hydrogen-bond acceptors (Lipinski definition) is 4. The lowest BCUT2D eigenvalue weighted by Crippen LogP contribution is -2.57. The van der Waals surface area contributed by atoms with Crippen molar-refractivity contribution in [2.45, 2.75) is 66.3 Å².